The fourth-order valence-corrected chi connectivity index (χ4v) is 4.89. The molecule has 0 saturated heterocycles. The Labute approximate surface area is 151 Å². The molecule has 0 spiro atoms. The van der Waals surface area contributed by atoms with E-state index in [0.717, 1.165) is 23.7 Å². The Morgan fingerprint density at radius 3 is 2.08 bits per heavy atom. The lowest BCUT2D eigenvalue weighted by Crippen LogP contribution is -2.25. The van der Waals surface area contributed by atoms with Crippen molar-refractivity contribution in [2.45, 2.75) is 63.7 Å². The van der Waals surface area contributed by atoms with Gasteiger partial charge in [0.2, 0.25) is 0 Å². The van der Waals surface area contributed by atoms with Crippen LogP contribution >= 0.6 is 0 Å². The molecule has 132 valence electrons. The summed E-state index contributed by atoms with van der Waals surface area (Å²) in [6.07, 6.45) is 16.5. The molecule has 0 aliphatic heterocycles. The summed E-state index contributed by atoms with van der Waals surface area (Å²) in [5.41, 5.74) is 2.18. The maximum absolute atomic E-state index is 10.4. The molecule has 0 amide bonds. The summed E-state index contributed by atoms with van der Waals surface area (Å²) in [6.45, 7) is 0. The number of carbonyl (C=O) groups excluding carboxylic acids is 1. The van der Waals surface area contributed by atoms with Gasteiger partial charge < -0.3 is 4.79 Å². The largest absolute Gasteiger partial charge is 0.303 e. The molecule has 0 unspecified atom stereocenters. The Balaban J connectivity index is 1.45. The molecule has 0 radical (unpaired) electrons. The molecule has 0 N–H and O–H groups in total. The molecule has 2 fully saturated rings. The van der Waals surface area contributed by atoms with Gasteiger partial charge in [0, 0.05) is 6.42 Å². The minimum Gasteiger partial charge on any atom is -0.303 e. The third-order valence-corrected chi connectivity index (χ3v) is 6.41. The Kier molecular flexibility index (Phi) is 6.45. The number of nitrogens with zero attached hydrogens (tertiary/aromatic N) is 1. The molecule has 1 aromatic rings. The van der Waals surface area contributed by atoms with Crippen LogP contribution in [0.25, 0.3) is 0 Å². The highest BCUT2D eigenvalue weighted by molar-refractivity contribution is 5.51. The van der Waals surface area contributed by atoms with E-state index in [-0.39, 0.29) is 0 Å². The highest BCUT2D eigenvalue weighted by Gasteiger charge is 2.30. The van der Waals surface area contributed by atoms with Gasteiger partial charge in [-0.25, -0.2) is 0 Å². The molecular formula is C23H29NO. The van der Waals surface area contributed by atoms with Crippen LogP contribution in [-0.4, -0.2) is 6.29 Å². The number of hydrogen-bond acceptors (Lipinski definition) is 2. The topological polar surface area (TPSA) is 40.9 Å². The van der Waals surface area contributed by atoms with Crippen LogP contribution in [0.5, 0.6) is 0 Å². The monoisotopic (exact) mass is 335 g/mol. The average molecular weight is 335 g/mol. The van der Waals surface area contributed by atoms with Crippen LogP contribution in [0.3, 0.4) is 0 Å². The summed E-state index contributed by atoms with van der Waals surface area (Å²) in [5, 5.41) is 8.93. The molecule has 0 bridgehead atoms. The quantitative estimate of drug-likeness (QED) is 0.505. The zero-order chi connectivity index (χ0) is 17.5. The number of aldehydes is 1. The lowest BCUT2D eigenvalue weighted by atomic mass is 9.68. The minimum atomic E-state index is 0.569. The van der Waals surface area contributed by atoms with Crippen LogP contribution in [0.15, 0.2) is 36.4 Å². The van der Waals surface area contributed by atoms with Crippen LogP contribution in [0, 0.1) is 29.1 Å². The summed E-state index contributed by atoms with van der Waals surface area (Å²) < 4.78 is 0. The first-order chi connectivity index (χ1) is 12.3. The number of allylic oxidation sites excluding steroid dienone is 2. The fourth-order valence-electron chi connectivity index (χ4n) is 4.89. The molecule has 3 rings (SSSR count). The smallest absolute Gasteiger partial charge is 0.123 e. The van der Waals surface area contributed by atoms with Gasteiger partial charge in [0.25, 0.3) is 0 Å². The maximum atomic E-state index is 10.4. The lowest BCUT2D eigenvalue weighted by molar-refractivity contribution is -0.107. The van der Waals surface area contributed by atoms with Crippen molar-refractivity contribution in [2.24, 2.45) is 17.8 Å². The molecule has 25 heavy (non-hydrogen) atoms. The Morgan fingerprint density at radius 2 is 1.52 bits per heavy atom. The van der Waals surface area contributed by atoms with Crippen LogP contribution < -0.4 is 0 Å². The first-order valence-corrected chi connectivity index (χ1v) is 9.90. The Bertz CT molecular complexity index is 608. The second-order valence-corrected chi connectivity index (χ2v) is 7.85. The predicted octanol–water partition coefficient (Wildman–Crippen LogP) is 5.78. The number of rotatable bonds is 5. The van der Waals surface area contributed by atoms with Crippen molar-refractivity contribution < 1.29 is 4.79 Å². The van der Waals surface area contributed by atoms with Crippen LogP contribution in [0.1, 0.15) is 74.8 Å². The van der Waals surface area contributed by atoms with Crippen molar-refractivity contribution in [3.05, 3.63) is 47.5 Å². The summed E-state index contributed by atoms with van der Waals surface area (Å²) in [5.74, 6) is 3.21. The normalized spacial score (nSPS) is 30.0. The van der Waals surface area contributed by atoms with Gasteiger partial charge in [-0.2, -0.15) is 5.26 Å². The number of nitriles is 1. The van der Waals surface area contributed by atoms with E-state index in [2.05, 4.69) is 24.3 Å². The summed E-state index contributed by atoms with van der Waals surface area (Å²) in [7, 11) is 0. The fraction of sp³-hybridized carbons (Fsp3) is 0.565. The third kappa shape index (κ3) is 4.82. The van der Waals surface area contributed by atoms with E-state index < -0.39 is 0 Å². The highest BCUT2D eigenvalue weighted by Crippen LogP contribution is 2.44. The van der Waals surface area contributed by atoms with Gasteiger partial charge in [-0.1, -0.05) is 24.3 Å². The van der Waals surface area contributed by atoms with Crippen molar-refractivity contribution in [1.29, 1.82) is 5.26 Å². The van der Waals surface area contributed by atoms with Gasteiger partial charge >= 0.3 is 0 Å². The first kappa shape index (κ1) is 17.9. The van der Waals surface area contributed by atoms with Crippen molar-refractivity contribution in [3.8, 4) is 6.07 Å². The summed E-state index contributed by atoms with van der Waals surface area (Å²) in [4.78, 5) is 10.4. The van der Waals surface area contributed by atoms with Crippen molar-refractivity contribution in [3.63, 3.8) is 0 Å². The van der Waals surface area contributed by atoms with Gasteiger partial charge in [-0.3, -0.25) is 0 Å². The van der Waals surface area contributed by atoms with E-state index in [1.807, 2.05) is 18.2 Å². The van der Waals surface area contributed by atoms with Crippen LogP contribution in [-0.2, 0) is 4.79 Å². The second-order valence-electron chi connectivity index (χ2n) is 7.85. The van der Waals surface area contributed by atoms with Crippen molar-refractivity contribution >= 4 is 6.29 Å². The van der Waals surface area contributed by atoms with E-state index in [1.165, 1.54) is 56.9 Å². The molecule has 2 aliphatic carbocycles. The van der Waals surface area contributed by atoms with Gasteiger partial charge in [0.1, 0.15) is 6.29 Å². The van der Waals surface area contributed by atoms with Crippen LogP contribution in [0.4, 0.5) is 0 Å². The number of carbonyl (C=O) groups is 1. The van der Waals surface area contributed by atoms with E-state index >= 15 is 0 Å². The molecule has 0 heterocycles. The Morgan fingerprint density at radius 1 is 0.920 bits per heavy atom. The average Bonchev–Trinajstić information content (AvgIpc) is 2.69. The second kappa shape index (κ2) is 8.99. The van der Waals surface area contributed by atoms with E-state index in [1.54, 1.807) is 0 Å². The Hall–Kier alpha value is -1.88. The zero-order valence-electron chi connectivity index (χ0n) is 15.1. The summed E-state index contributed by atoms with van der Waals surface area (Å²) >= 11 is 0. The standard InChI is InChI=1S/C23H29NO/c24-17-19-6-10-21(11-7-19)23-14-12-22(13-15-23)20-8-4-18(5-9-20)3-1-2-16-25/h1,3,6-7,10-11,16,18,20,22-23H,2,4-5,8-9,12-15H2/t18-,20-,22-,23-. The zero-order valence-corrected chi connectivity index (χ0v) is 15.1. The molecule has 2 nitrogen and oxygen atoms in total. The predicted molar refractivity (Wildman–Crippen MR) is 101 cm³/mol. The number of hydrogen-bond donors (Lipinski definition) is 0. The SMILES string of the molecule is N#Cc1ccc([C@H]2CC[C@H]([C@H]3CC[C@H](C=CCC=O)CC3)CC2)cc1. The first-order valence-electron chi connectivity index (χ1n) is 9.90. The molecule has 0 aromatic heterocycles. The van der Waals surface area contributed by atoms with Gasteiger partial charge in [0.15, 0.2) is 0 Å². The van der Waals surface area contributed by atoms with Gasteiger partial charge in [-0.15, -0.1) is 0 Å². The maximum Gasteiger partial charge on any atom is 0.123 e. The number of benzene rings is 1. The molecule has 1 aromatic carbocycles. The molecular weight excluding hydrogens is 306 g/mol. The molecule has 2 heteroatoms. The molecule has 2 aliphatic rings. The van der Waals surface area contributed by atoms with E-state index in [4.69, 9.17) is 5.26 Å². The molecule has 0 atom stereocenters. The summed E-state index contributed by atoms with van der Waals surface area (Å²) in [6, 6.07) is 10.4. The molecule has 2 saturated carbocycles. The van der Waals surface area contributed by atoms with E-state index in [9.17, 15) is 4.79 Å². The van der Waals surface area contributed by atoms with E-state index in [0.29, 0.717) is 18.3 Å². The van der Waals surface area contributed by atoms with Gasteiger partial charge in [-0.05, 0) is 92.7 Å². The minimum absolute atomic E-state index is 0.569. The lowest BCUT2D eigenvalue weighted by Gasteiger charge is -2.37. The van der Waals surface area contributed by atoms with Crippen LogP contribution in [0.2, 0.25) is 0 Å². The highest BCUT2D eigenvalue weighted by atomic mass is 16.1. The van der Waals surface area contributed by atoms with Crippen molar-refractivity contribution in [2.75, 3.05) is 0 Å². The van der Waals surface area contributed by atoms with Crippen molar-refractivity contribution in [1.82, 2.24) is 0 Å². The third-order valence-electron chi connectivity index (χ3n) is 6.41. The van der Waals surface area contributed by atoms with Gasteiger partial charge in [0.05, 0.1) is 11.6 Å².